The lowest BCUT2D eigenvalue weighted by atomic mass is 9.93. The molecular formula is C17H24N4. The molecule has 3 rings (SSSR count). The third kappa shape index (κ3) is 2.86. The van der Waals surface area contributed by atoms with Crippen molar-refractivity contribution < 1.29 is 0 Å². The quantitative estimate of drug-likeness (QED) is 0.917. The molecule has 21 heavy (non-hydrogen) atoms. The van der Waals surface area contributed by atoms with Gasteiger partial charge in [0, 0.05) is 18.5 Å². The van der Waals surface area contributed by atoms with Crippen LogP contribution in [0.15, 0.2) is 30.6 Å². The van der Waals surface area contributed by atoms with Gasteiger partial charge < -0.3 is 5.32 Å². The Balaban J connectivity index is 1.74. The van der Waals surface area contributed by atoms with Gasteiger partial charge in [-0.1, -0.05) is 24.3 Å². The van der Waals surface area contributed by atoms with E-state index in [1.165, 1.54) is 11.1 Å². The highest BCUT2D eigenvalue weighted by atomic mass is 15.3. The van der Waals surface area contributed by atoms with Gasteiger partial charge >= 0.3 is 0 Å². The van der Waals surface area contributed by atoms with Gasteiger partial charge in [0.1, 0.15) is 12.2 Å². The zero-order valence-corrected chi connectivity index (χ0v) is 13.1. The Labute approximate surface area is 126 Å². The topological polar surface area (TPSA) is 42.7 Å². The number of hydrogen-bond acceptors (Lipinski definition) is 3. The molecule has 0 fully saturated rings. The number of likely N-dealkylation sites (N-methyl/N-ethyl adjacent to an activating group) is 1. The molecule has 112 valence electrons. The van der Waals surface area contributed by atoms with Crippen LogP contribution in [0.2, 0.25) is 0 Å². The second-order valence-electron chi connectivity index (χ2n) is 6.25. The van der Waals surface area contributed by atoms with Gasteiger partial charge in [-0.15, -0.1) is 0 Å². The average molecular weight is 284 g/mol. The predicted octanol–water partition coefficient (Wildman–Crippen LogP) is 2.40. The van der Waals surface area contributed by atoms with Crippen molar-refractivity contribution in [2.24, 2.45) is 5.92 Å². The van der Waals surface area contributed by atoms with Crippen LogP contribution < -0.4 is 5.32 Å². The summed E-state index contributed by atoms with van der Waals surface area (Å²) in [5.74, 6) is 1.73. The summed E-state index contributed by atoms with van der Waals surface area (Å²) >= 11 is 0. The summed E-state index contributed by atoms with van der Waals surface area (Å²) in [5, 5.41) is 7.85. The zero-order valence-electron chi connectivity index (χ0n) is 13.1. The first-order valence-corrected chi connectivity index (χ1v) is 7.81. The van der Waals surface area contributed by atoms with E-state index < -0.39 is 0 Å². The third-order valence-corrected chi connectivity index (χ3v) is 4.56. The van der Waals surface area contributed by atoms with E-state index in [9.17, 15) is 0 Å². The molecule has 0 saturated heterocycles. The fourth-order valence-electron chi connectivity index (χ4n) is 3.43. The second kappa shape index (κ2) is 5.98. The summed E-state index contributed by atoms with van der Waals surface area (Å²) in [6, 6.07) is 9.62. The van der Waals surface area contributed by atoms with E-state index in [1.54, 1.807) is 6.33 Å². The number of nitrogens with one attached hydrogen (secondary N) is 1. The van der Waals surface area contributed by atoms with Crippen LogP contribution in [0.25, 0.3) is 0 Å². The Morgan fingerprint density at radius 1 is 1.24 bits per heavy atom. The molecule has 4 heteroatoms. The molecule has 1 N–H and O–H groups in total. The van der Waals surface area contributed by atoms with Crippen molar-refractivity contribution in [1.29, 1.82) is 0 Å². The van der Waals surface area contributed by atoms with Crippen LogP contribution in [0, 0.1) is 5.92 Å². The number of fused-ring (bicyclic) bond motifs is 1. The Hall–Kier alpha value is -1.68. The van der Waals surface area contributed by atoms with E-state index in [-0.39, 0.29) is 0 Å². The van der Waals surface area contributed by atoms with Crippen LogP contribution in [0.1, 0.15) is 36.8 Å². The predicted molar refractivity (Wildman–Crippen MR) is 84.3 cm³/mol. The van der Waals surface area contributed by atoms with E-state index in [2.05, 4.69) is 60.6 Å². The van der Waals surface area contributed by atoms with Gasteiger partial charge in [-0.25, -0.2) is 9.67 Å². The van der Waals surface area contributed by atoms with Crippen molar-refractivity contribution in [3.05, 3.63) is 47.5 Å². The lowest BCUT2D eigenvalue weighted by Gasteiger charge is -2.23. The molecule has 2 aromatic rings. The maximum absolute atomic E-state index is 4.46. The molecule has 0 bridgehead atoms. The van der Waals surface area contributed by atoms with Gasteiger partial charge in [0.05, 0.1) is 0 Å². The van der Waals surface area contributed by atoms with Crippen molar-refractivity contribution in [2.75, 3.05) is 7.05 Å². The minimum atomic E-state index is 0.362. The smallest absolute Gasteiger partial charge is 0.138 e. The molecule has 1 aromatic carbocycles. The van der Waals surface area contributed by atoms with E-state index in [4.69, 9.17) is 0 Å². The molecule has 1 aliphatic carbocycles. The highest BCUT2D eigenvalue weighted by Crippen LogP contribution is 2.29. The minimum Gasteiger partial charge on any atom is -0.316 e. The van der Waals surface area contributed by atoms with Crippen molar-refractivity contribution in [3.8, 4) is 0 Å². The SMILES string of the molecule is CNC(Cc1ncnn1C(C)C)C1Cc2ccccc2C1. The van der Waals surface area contributed by atoms with Crippen molar-refractivity contribution in [2.45, 2.75) is 45.2 Å². The van der Waals surface area contributed by atoms with E-state index in [1.807, 2.05) is 4.68 Å². The summed E-state index contributed by atoms with van der Waals surface area (Å²) in [6.45, 7) is 4.30. The van der Waals surface area contributed by atoms with Crippen molar-refractivity contribution >= 4 is 0 Å². The van der Waals surface area contributed by atoms with Crippen LogP contribution >= 0.6 is 0 Å². The van der Waals surface area contributed by atoms with Gasteiger partial charge in [-0.2, -0.15) is 5.10 Å². The lowest BCUT2D eigenvalue weighted by Crippen LogP contribution is -2.37. The average Bonchev–Trinajstić information content (AvgIpc) is 3.10. The zero-order chi connectivity index (χ0) is 14.8. The van der Waals surface area contributed by atoms with Gasteiger partial charge in [0.25, 0.3) is 0 Å². The molecule has 1 atom stereocenters. The van der Waals surface area contributed by atoms with Crippen LogP contribution in [0.5, 0.6) is 0 Å². The largest absolute Gasteiger partial charge is 0.316 e. The Kier molecular flexibility index (Phi) is 4.06. The van der Waals surface area contributed by atoms with Gasteiger partial charge in [0.2, 0.25) is 0 Å². The first-order chi connectivity index (χ1) is 10.2. The highest BCUT2D eigenvalue weighted by molar-refractivity contribution is 5.32. The van der Waals surface area contributed by atoms with E-state index in [0.29, 0.717) is 18.0 Å². The fourth-order valence-corrected chi connectivity index (χ4v) is 3.43. The van der Waals surface area contributed by atoms with Crippen molar-refractivity contribution in [3.63, 3.8) is 0 Å². The minimum absolute atomic E-state index is 0.362. The van der Waals surface area contributed by atoms with Gasteiger partial charge in [-0.3, -0.25) is 0 Å². The molecule has 4 nitrogen and oxygen atoms in total. The van der Waals surface area contributed by atoms with Gasteiger partial charge in [-0.05, 0) is 50.8 Å². The highest BCUT2D eigenvalue weighted by Gasteiger charge is 2.28. The maximum atomic E-state index is 4.46. The summed E-state index contributed by atoms with van der Waals surface area (Å²) in [6.07, 6.45) is 4.94. The fraction of sp³-hybridized carbons (Fsp3) is 0.529. The molecule has 0 aliphatic heterocycles. The molecule has 1 aromatic heterocycles. The number of benzene rings is 1. The van der Waals surface area contributed by atoms with E-state index in [0.717, 1.165) is 25.1 Å². The summed E-state index contributed by atoms with van der Waals surface area (Å²) < 4.78 is 2.03. The summed E-state index contributed by atoms with van der Waals surface area (Å²) in [7, 11) is 2.06. The lowest BCUT2D eigenvalue weighted by molar-refractivity contribution is 0.366. The van der Waals surface area contributed by atoms with E-state index >= 15 is 0 Å². The standard InChI is InChI=1S/C17H24N4/c1-12(2)21-17(19-11-20-21)10-16(18-3)15-8-13-6-4-5-7-14(13)9-15/h4-7,11-12,15-16,18H,8-10H2,1-3H3. The number of nitrogens with zero attached hydrogens (tertiary/aromatic N) is 3. The molecular weight excluding hydrogens is 260 g/mol. The number of hydrogen-bond donors (Lipinski definition) is 1. The second-order valence-corrected chi connectivity index (χ2v) is 6.25. The Morgan fingerprint density at radius 2 is 1.90 bits per heavy atom. The normalized spacial score (nSPS) is 16.4. The first-order valence-electron chi connectivity index (χ1n) is 7.81. The Bertz CT molecular complexity index is 577. The molecule has 0 spiro atoms. The third-order valence-electron chi connectivity index (χ3n) is 4.56. The van der Waals surface area contributed by atoms with Crippen LogP contribution in [-0.4, -0.2) is 27.9 Å². The number of aromatic nitrogens is 3. The van der Waals surface area contributed by atoms with Crippen LogP contribution in [0.3, 0.4) is 0 Å². The molecule has 1 heterocycles. The summed E-state index contributed by atoms with van der Waals surface area (Å²) in [5.41, 5.74) is 3.01. The monoisotopic (exact) mass is 284 g/mol. The molecule has 1 unspecified atom stereocenters. The van der Waals surface area contributed by atoms with Crippen molar-refractivity contribution in [1.82, 2.24) is 20.1 Å². The Morgan fingerprint density at radius 3 is 2.48 bits per heavy atom. The van der Waals surface area contributed by atoms with Crippen LogP contribution in [0.4, 0.5) is 0 Å². The maximum Gasteiger partial charge on any atom is 0.138 e. The van der Waals surface area contributed by atoms with Gasteiger partial charge in [0.15, 0.2) is 0 Å². The molecule has 1 aliphatic rings. The van der Waals surface area contributed by atoms with Crippen LogP contribution in [-0.2, 0) is 19.3 Å². The summed E-state index contributed by atoms with van der Waals surface area (Å²) in [4.78, 5) is 4.46. The molecule has 0 radical (unpaired) electrons. The molecule has 0 saturated carbocycles. The molecule has 0 amide bonds. The number of rotatable bonds is 5. The first kappa shape index (κ1) is 14.3.